The lowest BCUT2D eigenvalue weighted by Crippen LogP contribution is -2.09. The monoisotopic (exact) mass is 334 g/mol. The SMILES string of the molecule is CC(C)CCOCCOc1ccc(Br)cc1CCl. The molecule has 1 aromatic carbocycles. The first-order valence-corrected chi connectivity index (χ1v) is 7.51. The first kappa shape index (κ1) is 15.8. The molecule has 0 atom stereocenters. The zero-order chi connectivity index (χ0) is 13.4. The smallest absolute Gasteiger partial charge is 0.123 e. The Labute approximate surface area is 123 Å². The Hall–Kier alpha value is -0.250. The summed E-state index contributed by atoms with van der Waals surface area (Å²) in [4.78, 5) is 0. The molecule has 0 aliphatic heterocycles. The van der Waals surface area contributed by atoms with Gasteiger partial charge in [0.1, 0.15) is 12.4 Å². The van der Waals surface area contributed by atoms with Crippen LogP contribution in [-0.4, -0.2) is 19.8 Å². The van der Waals surface area contributed by atoms with Gasteiger partial charge < -0.3 is 9.47 Å². The minimum atomic E-state index is 0.447. The fraction of sp³-hybridized carbons (Fsp3) is 0.571. The van der Waals surface area contributed by atoms with Crippen molar-refractivity contribution in [2.24, 2.45) is 5.92 Å². The standard InChI is InChI=1S/C14H20BrClO2/c1-11(2)5-6-17-7-8-18-14-4-3-13(15)9-12(14)10-16/h3-4,9,11H,5-8,10H2,1-2H3. The van der Waals surface area contributed by atoms with Crippen molar-refractivity contribution < 1.29 is 9.47 Å². The van der Waals surface area contributed by atoms with Crippen LogP contribution in [0.1, 0.15) is 25.8 Å². The molecule has 0 N–H and O–H groups in total. The molecule has 1 aromatic rings. The van der Waals surface area contributed by atoms with Gasteiger partial charge in [0.2, 0.25) is 0 Å². The van der Waals surface area contributed by atoms with E-state index >= 15 is 0 Å². The number of hydrogen-bond acceptors (Lipinski definition) is 2. The molecular formula is C14H20BrClO2. The number of hydrogen-bond donors (Lipinski definition) is 0. The zero-order valence-electron chi connectivity index (χ0n) is 10.9. The van der Waals surface area contributed by atoms with Crippen LogP contribution in [0.25, 0.3) is 0 Å². The Balaban J connectivity index is 2.27. The molecule has 0 aromatic heterocycles. The lowest BCUT2D eigenvalue weighted by molar-refractivity contribution is 0.0923. The fourth-order valence-corrected chi connectivity index (χ4v) is 2.04. The third-order valence-electron chi connectivity index (χ3n) is 2.49. The molecule has 102 valence electrons. The molecule has 0 heterocycles. The predicted molar refractivity (Wildman–Crippen MR) is 79.5 cm³/mol. The Morgan fingerprint density at radius 2 is 2.00 bits per heavy atom. The molecule has 4 heteroatoms. The summed E-state index contributed by atoms with van der Waals surface area (Å²) in [5.74, 6) is 1.96. The van der Waals surface area contributed by atoms with Crippen molar-refractivity contribution in [2.75, 3.05) is 19.8 Å². The highest BCUT2D eigenvalue weighted by atomic mass is 79.9. The van der Waals surface area contributed by atoms with Crippen molar-refractivity contribution in [1.29, 1.82) is 0 Å². The van der Waals surface area contributed by atoms with E-state index in [0.717, 1.165) is 28.8 Å². The molecule has 1 rings (SSSR count). The molecule has 2 nitrogen and oxygen atoms in total. The van der Waals surface area contributed by atoms with Crippen LogP contribution in [0.3, 0.4) is 0 Å². The van der Waals surface area contributed by atoms with E-state index in [0.29, 0.717) is 25.0 Å². The van der Waals surface area contributed by atoms with Gasteiger partial charge in [-0.25, -0.2) is 0 Å². The largest absolute Gasteiger partial charge is 0.491 e. The third kappa shape index (κ3) is 6.07. The molecule has 0 saturated heterocycles. The quantitative estimate of drug-likeness (QED) is 0.509. The number of halogens is 2. The number of alkyl halides is 1. The van der Waals surface area contributed by atoms with Crippen molar-refractivity contribution in [3.8, 4) is 5.75 Å². The van der Waals surface area contributed by atoms with E-state index in [2.05, 4.69) is 29.8 Å². The van der Waals surface area contributed by atoms with E-state index in [-0.39, 0.29) is 0 Å². The second-order valence-electron chi connectivity index (χ2n) is 4.53. The Bertz CT molecular complexity index is 356. The second-order valence-corrected chi connectivity index (χ2v) is 5.71. The normalized spacial score (nSPS) is 10.9. The van der Waals surface area contributed by atoms with E-state index in [1.165, 1.54) is 0 Å². The van der Waals surface area contributed by atoms with Gasteiger partial charge in [-0.3, -0.25) is 0 Å². The van der Waals surface area contributed by atoms with Crippen LogP contribution in [-0.2, 0) is 10.6 Å². The van der Waals surface area contributed by atoms with E-state index in [4.69, 9.17) is 21.1 Å². The van der Waals surface area contributed by atoms with Crippen LogP contribution in [0, 0.1) is 5.92 Å². The summed E-state index contributed by atoms with van der Waals surface area (Å²) < 4.78 is 12.2. The van der Waals surface area contributed by atoms with Gasteiger partial charge in [-0.2, -0.15) is 0 Å². The van der Waals surface area contributed by atoms with Gasteiger partial charge >= 0.3 is 0 Å². The topological polar surface area (TPSA) is 18.5 Å². The summed E-state index contributed by atoms with van der Waals surface area (Å²) in [5, 5.41) is 0. The molecule has 0 spiro atoms. The highest BCUT2D eigenvalue weighted by Gasteiger charge is 2.03. The fourth-order valence-electron chi connectivity index (χ4n) is 1.42. The van der Waals surface area contributed by atoms with Gasteiger partial charge in [-0.05, 0) is 30.5 Å². The third-order valence-corrected chi connectivity index (χ3v) is 3.27. The summed E-state index contributed by atoms with van der Waals surface area (Å²) in [6, 6.07) is 5.85. The van der Waals surface area contributed by atoms with Gasteiger partial charge in [-0.1, -0.05) is 29.8 Å². The average Bonchev–Trinajstić information content (AvgIpc) is 2.34. The Morgan fingerprint density at radius 3 is 2.67 bits per heavy atom. The predicted octanol–water partition coefficient (Wildman–Crippen LogP) is 4.63. The van der Waals surface area contributed by atoms with Crippen LogP contribution < -0.4 is 4.74 Å². The minimum absolute atomic E-state index is 0.447. The van der Waals surface area contributed by atoms with Crippen molar-refractivity contribution in [3.05, 3.63) is 28.2 Å². The molecule has 0 bridgehead atoms. The van der Waals surface area contributed by atoms with Crippen molar-refractivity contribution in [3.63, 3.8) is 0 Å². The summed E-state index contributed by atoms with van der Waals surface area (Å²) in [6.07, 6.45) is 1.09. The maximum Gasteiger partial charge on any atom is 0.123 e. The number of ether oxygens (including phenoxy) is 2. The van der Waals surface area contributed by atoms with Crippen molar-refractivity contribution in [2.45, 2.75) is 26.1 Å². The highest BCUT2D eigenvalue weighted by molar-refractivity contribution is 9.10. The highest BCUT2D eigenvalue weighted by Crippen LogP contribution is 2.24. The number of rotatable bonds is 8. The molecule has 0 saturated carbocycles. The lowest BCUT2D eigenvalue weighted by Gasteiger charge is -2.11. The summed E-state index contributed by atoms with van der Waals surface area (Å²) >= 11 is 9.28. The van der Waals surface area contributed by atoms with Gasteiger partial charge in [0.25, 0.3) is 0 Å². The first-order chi connectivity index (χ1) is 8.63. The molecule has 0 aliphatic rings. The van der Waals surface area contributed by atoms with Crippen LogP contribution in [0.5, 0.6) is 5.75 Å². The summed E-state index contributed by atoms with van der Waals surface area (Å²) in [6.45, 7) is 6.35. The Morgan fingerprint density at radius 1 is 1.22 bits per heavy atom. The summed E-state index contributed by atoms with van der Waals surface area (Å²) in [5.41, 5.74) is 0.994. The second kappa shape index (κ2) is 8.78. The van der Waals surface area contributed by atoms with Gasteiger partial charge in [0.05, 0.1) is 12.5 Å². The lowest BCUT2D eigenvalue weighted by atomic mass is 10.1. The van der Waals surface area contributed by atoms with E-state index in [1.54, 1.807) is 0 Å². The average molecular weight is 336 g/mol. The molecule has 0 radical (unpaired) electrons. The Kier molecular flexibility index (Phi) is 7.71. The number of benzene rings is 1. The van der Waals surface area contributed by atoms with Gasteiger partial charge in [0.15, 0.2) is 0 Å². The molecular weight excluding hydrogens is 316 g/mol. The van der Waals surface area contributed by atoms with Crippen LogP contribution in [0.4, 0.5) is 0 Å². The van der Waals surface area contributed by atoms with Gasteiger partial charge in [0, 0.05) is 16.6 Å². The van der Waals surface area contributed by atoms with Crippen LogP contribution in [0.2, 0.25) is 0 Å². The molecule has 0 amide bonds. The molecule has 18 heavy (non-hydrogen) atoms. The molecule has 0 unspecified atom stereocenters. The summed E-state index contributed by atoms with van der Waals surface area (Å²) in [7, 11) is 0. The van der Waals surface area contributed by atoms with Crippen LogP contribution in [0.15, 0.2) is 22.7 Å². The van der Waals surface area contributed by atoms with Crippen LogP contribution >= 0.6 is 27.5 Å². The minimum Gasteiger partial charge on any atom is -0.491 e. The van der Waals surface area contributed by atoms with E-state index in [9.17, 15) is 0 Å². The van der Waals surface area contributed by atoms with Crippen molar-refractivity contribution >= 4 is 27.5 Å². The van der Waals surface area contributed by atoms with E-state index < -0.39 is 0 Å². The van der Waals surface area contributed by atoms with Gasteiger partial charge in [-0.15, -0.1) is 11.6 Å². The zero-order valence-corrected chi connectivity index (χ0v) is 13.3. The maximum absolute atomic E-state index is 5.87. The first-order valence-electron chi connectivity index (χ1n) is 6.18. The molecule has 0 fully saturated rings. The maximum atomic E-state index is 5.87. The van der Waals surface area contributed by atoms with E-state index in [1.807, 2.05) is 18.2 Å². The van der Waals surface area contributed by atoms with Crippen molar-refractivity contribution in [1.82, 2.24) is 0 Å². The molecule has 0 aliphatic carbocycles.